The predicted octanol–water partition coefficient (Wildman–Crippen LogP) is 2.86. The Morgan fingerprint density at radius 2 is 1.93 bits per heavy atom. The number of carbonyl (C=O) groups is 1. The van der Waals surface area contributed by atoms with Crippen molar-refractivity contribution in [1.29, 1.82) is 0 Å². The Bertz CT molecular complexity index is 1010. The van der Waals surface area contributed by atoms with Gasteiger partial charge in [0.1, 0.15) is 28.5 Å². The lowest BCUT2D eigenvalue weighted by atomic mass is 10.2. The quantitative estimate of drug-likeness (QED) is 0.668. The fraction of sp³-hybridized carbons (Fsp3) is 0.350. The Morgan fingerprint density at radius 3 is 2.64 bits per heavy atom. The number of amides is 1. The molecule has 0 aliphatic carbocycles. The molecule has 0 saturated heterocycles. The number of carbonyl (C=O) groups excluding carboxylic acids is 1. The number of fused-ring (bicyclic) bond motifs is 1. The maximum atomic E-state index is 12.3. The highest BCUT2D eigenvalue weighted by molar-refractivity contribution is 5.84. The molecule has 0 spiro atoms. The van der Waals surface area contributed by atoms with Crippen LogP contribution in [0.15, 0.2) is 22.6 Å². The van der Waals surface area contributed by atoms with Crippen LogP contribution in [-0.4, -0.2) is 36.7 Å². The Labute approximate surface area is 162 Å². The first-order valence-corrected chi connectivity index (χ1v) is 8.77. The molecule has 0 unspecified atom stereocenters. The molecular formula is C20H23N3O5. The fourth-order valence-corrected chi connectivity index (χ4v) is 2.82. The minimum absolute atomic E-state index is 0.179. The van der Waals surface area contributed by atoms with Crippen molar-refractivity contribution in [3.63, 3.8) is 0 Å². The topological polar surface area (TPSA) is 95.7 Å². The van der Waals surface area contributed by atoms with E-state index in [1.165, 1.54) is 0 Å². The number of methoxy groups -OCH3 is 2. The molecule has 1 aromatic carbocycles. The number of aromatic nitrogens is 2. The van der Waals surface area contributed by atoms with Gasteiger partial charge >= 0.3 is 0 Å². The lowest BCUT2D eigenvalue weighted by molar-refractivity contribution is -0.123. The van der Waals surface area contributed by atoms with E-state index in [9.17, 15) is 4.79 Å². The van der Waals surface area contributed by atoms with Crippen molar-refractivity contribution in [1.82, 2.24) is 15.3 Å². The summed E-state index contributed by atoms with van der Waals surface area (Å²) in [6.45, 7) is 5.60. The smallest absolute Gasteiger partial charge is 0.258 e. The van der Waals surface area contributed by atoms with Gasteiger partial charge in [-0.1, -0.05) is 0 Å². The molecule has 8 nitrogen and oxygen atoms in total. The fourth-order valence-electron chi connectivity index (χ4n) is 2.82. The molecule has 0 aliphatic rings. The molecule has 0 radical (unpaired) electrons. The van der Waals surface area contributed by atoms with Crippen molar-refractivity contribution < 1.29 is 23.4 Å². The van der Waals surface area contributed by atoms with Crippen LogP contribution < -0.4 is 19.5 Å². The van der Waals surface area contributed by atoms with Crippen LogP contribution in [0, 0.1) is 20.8 Å². The average Bonchev–Trinajstić information content (AvgIpc) is 2.97. The predicted molar refractivity (Wildman–Crippen MR) is 103 cm³/mol. The number of benzene rings is 1. The zero-order valence-corrected chi connectivity index (χ0v) is 16.6. The molecule has 1 N–H and O–H groups in total. The zero-order chi connectivity index (χ0) is 20.3. The van der Waals surface area contributed by atoms with Crippen LogP contribution in [0.5, 0.6) is 17.4 Å². The summed E-state index contributed by atoms with van der Waals surface area (Å²) in [7, 11) is 3.16. The van der Waals surface area contributed by atoms with Crippen molar-refractivity contribution in [2.45, 2.75) is 27.3 Å². The van der Waals surface area contributed by atoms with E-state index in [-0.39, 0.29) is 19.1 Å². The Kier molecular flexibility index (Phi) is 5.67. The van der Waals surface area contributed by atoms with E-state index in [0.29, 0.717) is 34.3 Å². The zero-order valence-electron chi connectivity index (χ0n) is 16.6. The average molecular weight is 385 g/mol. The van der Waals surface area contributed by atoms with Crippen LogP contribution in [0.25, 0.3) is 11.1 Å². The summed E-state index contributed by atoms with van der Waals surface area (Å²) in [5, 5.41) is 3.50. The van der Waals surface area contributed by atoms with Crippen molar-refractivity contribution in [2.75, 3.05) is 20.8 Å². The highest BCUT2D eigenvalue weighted by Gasteiger charge is 2.17. The second kappa shape index (κ2) is 8.16. The molecule has 0 bridgehead atoms. The van der Waals surface area contributed by atoms with Crippen LogP contribution >= 0.6 is 0 Å². The summed E-state index contributed by atoms with van der Waals surface area (Å²) < 4.78 is 21.8. The molecule has 0 aliphatic heterocycles. The van der Waals surface area contributed by atoms with Crippen LogP contribution in [0.3, 0.4) is 0 Å². The van der Waals surface area contributed by atoms with Crippen LogP contribution in [0.1, 0.15) is 22.7 Å². The molecule has 3 rings (SSSR count). The molecule has 8 heteroatoms. The van der Waals surface area contributed by atoms with Gasteiger partial charge in [-0.05, 0) is 39.0 Å². The standard InChI is InChI=1S/C20H23N3O5/c1-11-12(2)28-20-18(11)19(22-13(3)23-20)27-10-17(24)21-9-14-8-15(25-4)6-7-16(14)26-5/h6-8H,9-10H2,1-5H3,(H,21,24). The van der Waals surface area contributed by atoms with E-state index in [4.69, 9.17) is 18.6 Å². The largest absolute Gasteiger partial charge is 0.497 e. The summed E-state index contributed by atoms with van der Waals surface area (Å²) in [5.74, 6) is 2.66. The molecule has 2 heterocycles. The van der Waals surface area contributed by atoms with Gasteiger partial charge in [-0.15, -0.1) is 0 Å². The first-order valence-electron chi connectivity index (χ1n) is 8.77. The lowest BCUT2D eigenvalue weighted by Gasteiger charge is -2.12. The van der Waals surface area contributed by atoms with Crippen molar-refractivity contribution in [3.05, 3.63) is 40.9 Å². The number of hydrogen-bond acceptors (Lipinski definition) is 7. The first-order chi connectivity index (χ1) is 13.4. The SMILES string of the molecule is COc1ccc(OC)c(CNC(=O)COc2nc(C)nc3oc(C)c(C)c23)c1. The monoisotopic (exact) mass is 385 g/mol. The third kappa shape index (κ3) is 4.00. The van der Waals surface area contributed by atoms with Gasteiger partial charge in [-0.3, -0.25) is 4.79 Å². The third-order valence-corrected chi connectivity index (χ3v) is 4.41. The van der Waals surface area contributed by atoms with Crippen molar-refractivity contribution >= 4 is 17.0 Å². The number of furan rings is 1. The molecule has 28 heavy (non-hydrogen) atoms. The molecule has 0 atom stereocenters. The normalized spacial score (nSPS) is 10.8. The molecule has 0 fully saturated rings. The summed E-state index contributed by atoms with van der Waals surface area (Å²) in [6.07, 6.45) is 0. The molecule has 1 amide bonds. The number of nitrogens with one attached hydrogen (secondary N) is 1. The lowest BCUT2D eigenvalue weighted by Crippen LogP contribution is -2.28. The molecule has 0 saturated carbocycles. The Morgan fingerprint density at radius 1 is 1.14 bits per heavy atom. The first kappa shape index (κ1) is 19.5. The summed E-state index contributed by atoms with van der Waals surface area (Å²) in [5.41, 5.74) is 2.15. The van der Waals surface area contributed by atoms with E-state index < -0.39 is 0 Å². The summed E-state index contributed by atoms with van der Waals surface area (Å²) >= 11 is 0. The molecule has 2 aromatic heterocycles. The number of hydrogen-bond donors (Lipinski definition) is 1. The van der Waals surface area contributed by atoms with Gasteiger partial charge in [-0.25, -0.2) is 0 Å². The van der Waals surface area contributed by atoms with Gasteiger partial charge < -0.3 is 23.9 Å². The Hall–Kier alpha value is -3.29. The van der Waals surface area contributed by atoms with Crippen LogP contribution in [0.4, 0.5) is 0 Å². The number of rotatable bonds is 7. The van der Waals surface area contributed by atoms with Gasteiger partial charge in [0.2, 0.25) is 11.6 Å². The van der Waals surface area contributed by atoms with Gasteiger partial charge in [0.15, 0.2) is 6.61 Å². The van der Waals surface area contributed by atoms with Crippen LogP contribution in [-0.2, 0) is 11.3 Å². The van der Waals surface area contributed by atoms with E-state index in [2.05, 4.69) is 15.3 Å². The van der Waals surface area contributed by atoms with Crippen molar-refractivity contribution in [2.24, 2.45) is 0 Å². The second-order valence-corrected chi connectivity index (χ2v) is 6.28. The minimum atomic E-state index is -0.285. The number of ether oxygens (including phenoxy) is 3. The highest BCUT2D eigenvalue weighted by Crippen LogP contribution is 2.30. The number of nitrogens with zero attached hydrogens (tertiary/aromatic N) is 2. The van der Waals surface area contributed by atoms with Gasteiger partial charge in [-0.2, -0.15) is 9.97 Å². The second-order valence-electron chi connectivity index (χ2n) is 6.28. The highest BCUT2D eigenvalue weighted by atomic mass is 16.5. The summed E-state index contributed by atoms with van der Waals surface area (Å²) in [4.78, 5) is 20.9. The van der Waals surface area contributed by atoms with Gasteiger partial charge in [0, 0.05) is 17.7 Å². The maximum Gasteiger partial charge on any atom is 0.258 e. The van der Waals surface area contributed by atoms with E-state index in [1.807, 2.05) is 19.9 Å². The van der Waals surface area contributed by atoms with E-state index >= 15 is 0 Å². The van der Waals surface area contributed by atoms with E-state index in [1.54, 1.807) is 33.3 Å². The van der Waals surface area contributed by atoms with Crippen molar-refractivity contribution in [3.8, 4) is 17.4 Å². The molecular weight excluding hydrogens is 362 g/mol. The Balaban J connectivity index is 1.68. The third-order valence-electron chi connectivity index (χ3n) is 4.41. The summed E-state index contributed by atoms with van der Waals surface area (Å²) in [6, 6.07) is 5.40. The van der Waals surface area contributed by atoms with Gasteiger partial charge in [0.05, 0.1) is 14.2 Å². The number of aryl methyl sites for hydroxylation is 3. The maximum absolute atomic E-state index is 12.3. The molecule has 3 aromatic rings. The van der Waals surface area contributed by atoms with E-state index in [0.717, 1.165) is 16.9 Å². The van der Waals surface area contributed by atoms with Crippen LogP contribution in [0.2, 0.25) is 0 Å². The molecule has 148 valence electrons. The van der Waals surface area contributed by atoms with Gasteiger partial charge in [0.25, 0.3) is 5.91 Å². The minimum Gasteiger partial charge on any atom is -0.497 e.